The average Bonchev–Trinajstić information content (AvgIpc) is 2.21. The average molecular weight is 241 g/mol. The third kappa shape index (κ3) is 4.20. The van der Waals surface area contributed by atoms with Crippen molar-refractivity contribution in [3.63, 3.8) is 0 Å². The fraction of sp³-hybridized carbons (Fsp3) is 0.583. The second kappa shape index (κ2) is 5.84. The lowest BCUT2D eigenvalue weighted by Gasteiger charge is -2.26. The highest BCUT2D eigenvalue weighted by Crippen LogP contribution is 2.10. The van der Waals surface area contributed by atoms with Crippen molar-refractivity contribution in [1.29, 1.82) is 0 Å². The molecule has 0 fully saturated rings. The summed E-state index contributed by atoms with van der Waals surface area (Å²) in [5, 5.41) is 18.4. The molecule has 1 unspecified atom stereocenters. The molecular formula is C12H19NO4. The Morgan fingerprint density at radius 1 is 1.41 bits per heavy atom. The van der Waals surface area contributed by atoms with Crippen LogP contribution in [0.3, 0.4) is 0 Å². The van der Waals surface area contributed by atoms with Gasteiger partial charge in [0.15, 0.2) is 5.75 Å². The van der Waals surface area contributed by atoms with Crippen LogP contribution in [-0.2, 0) is 6.54 Å². The van der Waals surface area contributed by atoms with E-state index in [2.05, 4.69) is 0 Å². The Morgan fingerprint density at radius 2 is 2.06 bits per heavy atom. The predicted octanol–water partition coefficient (Wildman–Crippen LogP) is 0.937. The number of aliphatic hydroxyl groups is 1. The molecule has 1 heterocycles. The molecular weight excluding hydrogens is 222 g/mol. The number of aromatic hydroxyl groups is 1. The van der Waals surface area contributed by atoms with Crippen LogP contribution in [0.15, 0.2) is 21.5 Å². The van der Waals surface area contributed by atoms with Crippen LogP contribution in [0.5, 0.6) is 5.75 Å². The van der Waals surface area contributed by atoms with Crippen LogP contribution in [0, 0.1) is 0 Å². The SMILES string of the molecule is CC(O)CN(Cc1cc(=O)c(O)co1)C(C)C. The minimum atomic E-state index is -0.452. The summed E-state index contributed by atoms with van der Waals surface area (Å²) in [6, 6.07) is 1.50. The van der Waals surface area contributed by atoms with E-state index < -0.39 is 11.5 Å². The van der Waals surface area contributed by atoms with Crippen molar-refractivity contribution < 1.29 is 14.6 Å². The van der Waals surface area contributed by atoms with Gasteiger partial charge in [-0.2, -0.15) is 0 Å². The largest absolute Gasteiger partial charge is 0.502 e. The maximum atomic E-state index is 11.2. The lowest BCUT2D eigenvalue weighted by Crippen LogP contribution is -2.36. The van der Waals surface area contributed by atoms with Crippen LogP contribution in [0.4, 0.5) is 0 Å². The lowest BCUT2D eigenvalue weighted by molar-refractivity contribution is 0.0969. The Balaban J connectivity index is 2.79. The quantitative estimate of drug-likeness (QED) is 0.802. The highest BCUT2D eigenvalue weighted by atomic mass is 16.4. The summed E-state index contributed by atoms with van der Waals surface area (Å²) in [6.45, 7) is 6.64. The maximum Gasteiger partial charge on any atom is 0.226 e. The molecule has 1 atom stereocenters. The summed E-state index contributed by atoms with van der Waals surface area (Å²) in [6.07, 6.45) is 0.597. The number of aliphatic hydroxyl groups excluding tert-OH is 1. The van der Waals surface area contributed by atoms with Crippen LogP contribution in [-0.4, -0.2) is 33.8 Å². The standard InChI is InChI=1S/C12H19NO4/c1-8(2)13(5-9(3)14)6-10-4-11(15)12(16)7-17-10/h4,7-9,14,16H,5-6H2,1-3H3. The summed E-state index contributed by atoms with van der Waals surface area (Å²) in [4.78, 5) is 13.2. The first-order valence-electron chi connectivity index (χ1n) is 5.63. The van der Waals surface area contributed by atoms with Crippen molar-refractivity contribution in [1.82, 2.24) is 4.90 Å². The van der Waals surface area contributed by atoms with Crippen molar-refractivity contribution in [2.24, 2.45) is 0 Å². The Hall–Kier alpha value is -1.33. The summed E-state index contributed by atoms with van der Waals surface area (Å²) >= 11 is 0. The Morgan fingerprint density at radius 3 is 2.53 bits per heavy atom. The maximum absolute atomic E-state index is 11.2. The van der Waals surface area contributed by atoms with E-state index in [1.807, 2.05) is 18.7 Å². The second-order valence-electron chi connectivity index (χ2n) is 4.47. The van der Waals surface area contributed by atoms with Gasteiger partial charge in [0.05, 0.1) is 12.6 Å². The molecule has 0 spiro atoms. The summed E-state index contributed by atoms with van der Waals surface area (Å²) in [7, 11) is 0. The smallest absolute Gasteiger partial charge is 0.226 e. The fourth-order valence-electron chi connectivity index (χ4n) is 1.52. The molecule has 0 amide bonds. The highest BCUT2D eigenvalue weighted by Gasteiger charge is 2.14. The molecule has 0 saturated carbocycles. The van der Waals surface area contributed by atoms with E-state index in [0.29, 0.717) is 18.8 Å². The molecule has 0 aliphatic heterocycles. The van der Waals surface area contributed by atoms with Gasteiger partial charge in [-0.05, 0) is 20.8 Å². The molecule has 0 aromatic carbocycles. The molecule has 0 bridgehead atoms. The number of hydrogen-bond donors (Lipinski definition) is 2. The number of nitrogens with zero attached hydrogens (tertiary/aromatic N) is 1. The predicted molar refractivity (Wildman–Crippen MR) is 63.9 cm³/mol. The third-order valence-electron chi connectivity index (χ3n) is 2.45. The normalized spacial score (nSPS) is 13.3. The zero-order chi connectivity index (χ0) is 13.0. The van der Waals surface area contributed by atoms with Gasteiger partial charge in [-0.25, -0.2) is 0 Å². The Labute approximate surface area is 100 Å². The third-order valence-corrected chi connectivity index (χ3v) is 2.45. The van der Waals surface area contributed by atoms with Crippen LogP contribution in [0.2, 0.25) is 0 Å². The molecule has 96 valence electrons. The van der Waals surface area contributed by atoms with E-state index in [4.69, 9.17) is 9.52 Å². The molecule has 17 heavy (non-hydrogen) atoms. The summed E-state index contributed by atoms with van der Waals surface area (Å²) in [5.74, 6) is 0.0857. The van der Waals surface area contributed by atoms with Crippen molar-refractivity contribution in [3.8, 4) is 5.75 Å². The first kappa shape index (κ1) is 13.7. The molecule has 1 rings (SSSR count). The minimum Gasteiger partial charge on any atom is -0.502 e. The molecule has 1 aromatic rings. The summed E-state index contributed by atoms with van der Waals surface area (Å²) < 4.78 is 5.13. The van der Waals surface area contributed by atoms with Crippen LogP contribution in [0.1, 0.15) is 26.5 Å². The molecule has 0 aliphatic rings. The van der Waals surface area contributed by atoms with Crippen molar-refractivity contribution in [2.75, 3.05) is 6.54 Å². The molecule has 2 N–H and O–H groups in total. The number of rotatable bonds is 5. The van der Waals surface area contributed by atoms with Crippen molar-refractivity contribution in [3.05, 3.63) is 28.3 Å². The molecule has 1 aromatic heterocycles. The zero-order valence-corrected chi connectivity index (χ0v) is 10.4. The van der Waals surface area contributed by atoms with E-state index in [1.165, 1.54) is 6.07 Å². The topological polar surface area (TPSA) is 73.9 Å². The van der Waals surface area contributed by atoms with E-state index in [1.54, 1.807) is 6.92 Å². The fourth-order valence-corrected chi connectivity index (χ4v) is 1.52. The van der Waals surface area contributed by atoms with Gasteiger partial charge >= 0.3 is 0 Å². The monoisotopic (exact) mass is 241 g/mol. The highest BCUT2D eigenvalue weighted by molar-refractivity contribution is 5.15. The van der Waals surface area contributed by atoms with E-state index in [9.17, 15) is 9.90 Å². The molecule has 0 saturated heterocycles. The van der Waals surface area contributed by atoms with E-state index in [-0.39, 0.29) is 11.8 Å². The van der Waals surface area contributed by atoms with E-state index >= 15 is 0 Å². The second-order valence-corrected chi connectivity index (χ2v) is 4.47. The Kier molecular flexibility index (Phi) is 4.72. The molecule has 5 heteroatoms. The van der Waals surface area contributed by atoms with Gasteiger partial charge in [-0.3, -0.25) is 9.69 Å². The van der Waals surface area contributed by atoms with Crippen molar-refractivity contribution >= 4 is 0 Å². The molecule has 0 radical (unpaired) electrons. The van der Waals surface area contributed by atoms with Crippen LogP contribution >= 0.6 is 0 Å². The first-order valence-corrected chi connectivity index (χ1v) is 5.63. The molecule has 5 nitrogen and oxygen atoms in total. The minimum absolute atomic E-state index is 0.226. The summed E-state index contributed by atoms with van der Waals surface area (Å²) in [5.41, 5.74) is -0.452. The van der Waals surface area contributed by atoms with Gasteiger partial charge < -0.3 is 14.6 Å². The lowest BCUT2D eigenvalue weighted by atomic mass is 10.2. The van der Waals surface area contributed by atoms with Gasteiger partial charge in [0.2, 0.25) is 5.43 Å². The van der Waals surface area contributed by atoms with Gasteiger partial charge in [-0.1, -0.05) is 0 Å². The van der Waals surface area contributed by atoms with Crippen LogP contribution < -0.4 is 5.43 Å². The Bertz CT molecular complexity index is 411. The molecule has 0 aliphatic carbocycles. The first-order chi connectivity index (χ1) is 7.90. The zero-order valence-electron chi connectivity index (χ0n) is 10.4. The van der Waals surface area contributed by atoms with Gasteiger partial charge in [0, 0.05) is 18.7 Å². The van der Waals surface area contributed by atoms with Gasteiger partial charge in [0.1, 0.15) is 12.0 Å². The van der Waals surface area contributed by atoms with Crippen molar-refractivity contribution in [2.45, 2.75) is 39.5 Å². The number of hydrogen-bond acceptors (Lipinski definition) is 5. The van der Waals surface area contributed by atoms with Gasteiger partial charge in [0.25, 0.3) is 0 Å². The van der Waals surface area contributed by atoms with Crippen LogP contribution in [0.25, 0.3) is 0 Å². The van der Waals surface area contributed by atoms with Gasteiger partial charge in [-0.15, -0.1) is 0 Å². The van der Waals surface area contributed by atoms with E-state index in [0.717, 1.165) is 6.26 Å².